The molecule has 3 heteroatoms. The molecule has 0 aliphatic rings. The molecule has 0 saturated heterocycles. The van der Waals surface area contributed by atoms with Gasteiger partial charge in [-0.25, -0.2) is 4.39 Å². The molecule has 2 aromatic carbocycles. The molecule has 0 aliphatic heterocycles. The summed E-state index contributed by atoms with van der Waals surface area (Å²) < 4.78 is 18.1. The Morgan fingerprint density at radius 3 is 2.47 bits per heavy atom. The Labute approximate surface area is 113 Å². The number of benzene rings is 2. The minimum absolute atomic E-state index is 0.233. The predicted molar refractivity (Wildman–Crippen MR) is 74.6 cm³/mol. The van der Waals surface area contributed by atoms with Crippen LogP contribution in [0, 0.1) is 5.82 Å². The normalized spacial score (nSPS) is 13.9. The van der Waals surface area contributed by atoms with Crippen LogP contribution in [0.25, 0.3) is 0 Å². The molecule has 2 N–H and O–H groups in total. The number of methoxy groups -OCH3 is 1. The summed E-state index contributed by atoms with van der Waals surface area (Å²) in [5.41, 5.74) is 7.87. The smallest absolute Gasteiger partial charge is 0.123 e. The molecule has 0 fully saturated rings. The van der Waals surface area contributed by atoms with Crippen molar-refractivity contribution in [3.63, 3.8) is 0 Å². The van der Waals surface area contributed by atoms with Crippen molar-refractivity contribution < 1.29 is 9.13 Å². The summed E-state index contributed by atoms with van der Waals surface area (Å²) in [4.78, 5) is 0. The monoisotopic (exact) mass is 259 g/mol. The minimum atomic E-state index is -0.521. The molecule has 0 spiro atoms. The maximum absolute atomic E-state index is 12.9. The fourth-order valence-electron chi connectivity index (χ4n) is 2.11. The lowest BCUT2D eigenvalue weighted by molar-refractivity contribution is 0.410. The Hall–Kier alpha value is -1.87. The molecule has 2 rings (SSSR count). The average molecular weight is 259 g/mol. The molecule has 0 aliphatic carbocycles. The SMILES string of the molecule is COc1cccc(C(C)(N)Cc2ccc(F)cc2)c1. The van der Waals surface area contributed by atoms with Crippen LogP contribution in [0.5, 0.6) is 5.75 Å². The highest BCUT2D eigenvalue weighted by atomic mass is 19.1. The molecule has 2 aromatic rings. The van der Waals surface area contributed by atoms with Crippen molar-refractivity contribution in [2.24, 2.45) is 5.73 Å². The van der Waals surface area contributed by atoms with Gasteiger partial charge < -0.3 is 10.5 Å². The van der Waals surface area contributed by atoms with Gasteiger partial charge in [0.15, 0.2) is 0 Å². The van der Waals surface area contributed by atoms with Crippen molar-refractivity contribution in [3.05, 3.63) is 65.5 Å². The van der Waals surface area contributed by atoms with Crippen LogP contribution in [0.2, 0.25) is 0 Å². The Kier molecular flexibility index (Phi) is 3.86. The summed E-state index contributed by atoms with van der Waals surface area (Å²) in [5.74, 6) is 0.553. The van der Waals surface area contributed by atoms with Gasteiger partial charge in [-0.05, 0) is 48.7 Å². The quantitative estimate of drug-likeness (QED) is 0.914. The maximum atomic E-state index is 12.9. The van der Waals surface area contributed by atoms with E-state index in [1.807, 2.05) is 31.2 Å². The summed E-state index contributed by atoms with van der Waals surface area (Å²) in [7, 11) is 1.63. The molecule has 0 bridgehead atoms. The van der Waals surface area contributed by atoms with Crippen LogP contribution in [0.1, 0.15) is 18.1 Å². The molecular formula is C16H18FNO. The molecule has 19 heavy (non-hydrogen) atoms. The number of halogens is 1. The van der Waals surface area contributed by atoms with Crippen LogP contribution < -0.4 is 10.5 Å². The predicted octanol–water partition coefficient (Wildman–Crippen LogP) is 3.25. The first kappa shape index (κ1) is 13.6. The zero-order valence-corrected chi connectivity index (χ0v) is 11.2. The van der Waals surface area contributed by atoms with E-state index in [0.29, 0.717) is 6.42 Å². The molecular weight excluding hydrogens is 241 g/mol. The Balaban J connectivity index is 2.23. The van der Waals surface area contributed by atoms with E-state index < -0.39 is 5.54 Å². The highest BCUT2D eigenvalue weighted by molar-refractivity contribution is 5.34. The van der Waals surface area contributed by atoms with Crippen LogP contribution in [0.15, 0.2) is 48.5 Å². The number of rotatable bonds is 4. The lowest BCUT2D eigenvalue weighted by Gasteiger charge is -2.26. The standard InChI is InChI=1S/C16H18FNO/c1-16(18,11-12-6-8-14(17)9-7-12)13-4-3-5-15(10-13)19-2/h3-10H,11,18H2,1-2H3. The zero-order chi connectivity index (χ0) is 13.9. The first-order valence-electron chi connectivity index (χ1n) is 6.19. The van der Waals surface area contributed by atoms with Gasteiger partial charge in [-0.1, -0.05) is 24.3 Å². The molecule has 0 aromatic heterocycles. The molecule has 2 nitrogen and oxygen atoms in total. The van der Waals surface area contributed by atoms with Crippen molar-refractivity contribution in [1.82, 2.24) is 0 Å². The van der Waals surface area contributed by atoms with Gasteiger partial charge in [0, 0.05) is 5.54 Å². The Bertz CT molecular complexity index is 549. The highest BCUT2D eigenvalue weighted by Gasteiger charge is 2.22. The second-order valence-corrected chi connectivity index (χ2v) is 4.95. The minimum Gasteiger partial charge on any atom is -0.497 e. The van der Waals surface area contributed by atoms with E-state index >= 15 is 0 Å². The maximum Gasteiger partial charge on any atom is 0.123 e. The van der Waals surface area contributed by atoms with E-state index in [-0.39, 0.29) is 5.82 Å². The third-order valence-corrected chi connectivity index (χ3v) is 3.21. The van der Waals surface area contributed by atoms with Gasteiger partial charge in [0.25, 0.3) is 0 Å². The lowest BCUT2D eigenvalue weighted by Crippen LogP contribution is -2.35. The van der Waals surface area contributed by atoms with Gasteiger partial charge in [0.05, 0.1) is 7.11 Å². The van der Waals surface area contributed by atoms with Crippen LogP contribution in [-0.4, -0.2) is 7.11 Å². The third kappa shape index (κ3) is 3.32. The summed E-state index contributed by atoms with van der Waals surface area (Å²) >= 11 is 0. The molecule has 0 saturated carbocycles. The summed E-state index contributed by atoms with van der Waals surface area (Å²) in [6.07, 6.45) is 0.639. The van der Waals surface area contributed by atoms with Gasteiger partial charge in [0.2, 0.25) is 0 Å². The van der Waals surface area contributed by atoms with E-state index in [1.54, 1.807) is 19.2 Å². The Morgan fingerprint density at radius 1 is 1.16 bits per heavy atom. The van der Waals surface area contributed by atoms with E-state index in [1.165, 1.54) is 12.1 Å². The molecule has 1 atom stereocenters. The highest BCUT2D eigenvalue weighted by Crippen LogP contribution is 2.25. The Morgan fingerprint density at radius 2 is 1.84 bits per heavy atom. The molecule has 0 amide bonds. The summed E-state index contributed by atoms with van der Waals surface area (Å²) in [5, 5.41) is 0. The van der Waals surface area contributed by atoms with E-state index in [9.17, 15) is 4.39 Å². The van der Waals surface area contributed by atoms with E-state index in [2.05, 4.69) is 0 Å². The largest absolute Gasteiger partial charge is 0.497 e. The van der Waals surface area contributed by atoms with Gasteiger partial charge in [-0.3, -0.25) is 0 Å². The molecule has 0 radical (unpaired) electrons. The van der Waals surface area contributed by atoms with Crippen LogP contribution in [0.3, 0.4) is 0 Å². The fourth-order valence-corrected chi connectivity index (χ4v) is 2.11. The summed E-state index contributed by atoms with van der Waals surface area (Å²) in [6, 6.07) is 14.2. The van der Waals surface area contributed by atoms with Crippen LogP contribution in [-0.2, 0) is 12.0 Å². The number of hydrogen-bond donors (Lipinski definition) is 1. The van der Waals surface area contributed by atoms with Crippen LogP contribution in [0.4, 0.5) is 4.39 Å². The first-order valence-corrected chi connectivity index (χ1v) is 6.19. The van der Waals surface area contributed by atoms with Gasteiger partial charge in [-0.2, -0.15) is 0 Å². The third-order valence-electron chi connectivity index (χ3n) is 3.21. The van der Waals surface area contributed by atoms with Gasteiger partial charge >= 0.3 is 0 Å². The second-order valence-electron chi connectivity index (χ2n) is 4.95. The first-order chi connectivity index (χ1) is 9.01. The van der Waals surface area contributed by atoms with Crippen molar-refractivity contribution in [2.45, 2.75) is 18.9 Å². The van der Waals surface area contributed by atoms with Crippen molar-refractivity contribution >= 4 is 0 Å². The van der Waals surface area contributed by atoms with Gasteiger partial charge in [0.1, 0.15) is 11.6 Å². The fraction of sp³-hybridized carbons (Fsp3) is 0.250. The van der Waals surface area contributed by atoms with E-state index in [4.69, 9.17) is 10.5 Å². The molecule has 1 unspecified atom stereocenters. The van der Waals surface area contributed by atoms with E-state index in [0.717, 1.165) is 16.9 Å². The zero-order valence-electron chi connectivity index (χ0n) is 11.2. The molecule has 0 heterocycles. The lowest BCUT2D eigenvalue weighted by atomic mass is 9.86. The number of nitrogens with two attached hydrogens (primary N) is 1. The van der Waals surface area contributed by atoms with Crippen molar-refractivity contribution in [2.75, 3.05) is 7.11 Å². The van der Waals surface area contributed by atoms with Crippen molar-refractivity contribution in [1.29, 1.82) is 0 Å². The van der Waals surface area contributed by atoms with Gasteiger partial charge in [-0.15, -0.1) is 0 Å². The second kappa shape index (κ2) is 5.41. The summed E-state index contributed by atoms with van der Waals surface area (Å²) in [6.45, 7) is 1.96. The van der Waals surface area contributed by atoms with Crippen LogP contribution >= 0.6 is 0 Å². The topological polar surface area (TPSA) is 35.2 Å². The average Bonchev–Trinajstić information content (AvgIpc) is 2.41. The number of hydrogen-bond acceptors (Lipinski definition) is 2. The van der Waals surface area contributed by atoms with Crippen molar-refractivity contribution in [3.8, 4) is 5.75 Å². The molecule has 100 valence electrons. The number of ether oxygens (including phenoxy) is 1.